The maximum atomic E-state index is 11.6. The van der Waals surface area contributed by atoms with Crippen molar-refractivity contribution in [3.05, 3.63) is 46.9 Å². The fraction of sp³-hybridized carbons (Fsp3) is 0.133. The van der Waals surface area contributed by atoms with E-state index in [2.05, 4.69) is 9.97 Å². The first-order chi connectivity index (χ1) is 10.1. The van der Waals surface area contributed by atoms with Gasteiger partial charge in [-0.15, -0.1) is 11.3 Å². The summed E-state index contributed by atoms with van der Waals surface area (Å²) in [5.74, 6) is -0.340. The molecule has 3 aromatic rings. The van der Waals surface area contributed by atoms with E-state index in [-0.39, 0.29) is 11.3 Å². The van der Waals surface area contributed by atoms with Crippen LogP contribution in [0.5, 0.6) is 0 Å². The van der Waals surface area contributed by atoms with Gasteiger partial charge in [-0.2, -0.15) is 0 Å². The molecule has 0 saturated heterocycles. The van der Waals surface area contributed by atoms with Gasteiger partial charge < -0.3 is 4.74 Å². The molecular formula is C15H11ClN2O2S. The highest BCUT2D eigenvalue weighted by Gasteiger charge is 2.12. The Morgan fingerprint density at radius 1 is 1.33 bits per heavy atom. The van der Waals surface area contributed by atoms with E-state index in [1.807, 2.05) is 25.1 Å². The summed E-state index contributed by atoms with van der Waals surface area (Å²) in [7, 11) is 1.37. The quantitative estimate of drug-likeness (QED) is 0.527. The molecular weight excluding hydrogens is 308 g/mol. The van der Waals surface area contributed by atoms with Crippen LogP contribution in [0.2, 0.25) is 5.28 Å². The number of esters is 1. The number of aryl methyl sites for hydroxylation is 1. The van der Waals surface area contributed by atoms with Crippen LogP contribution in [0, 0.1) is 6.92 Å². The van der Waals surface area contributed by atoms with E-state index >= 15 is 0 Å². The molecule has 0 atom stereocenters. The Bertz CT molecular complexity index is 845. The van der Waals surface area contributed by atoms with Gasteiger partial charge >= 0.3 is 5.97 Å². The number of halogens is 1. The Kier molecular flexibility index (Phi) is 3.61. The van der Waals surface area contributed by atoms with Crippen molar-refractivity contribution in [2.45, 2.75) is 6.92 Å². The van der Waals surface area contributed by atoms with Crippen molar-refractivity contribution in [2.75, 3.05) is 7.11 Å². The van der Waals surface area contributed by atoms with Gasteiger partial charge in [0.15, 0.2) is 0 Å². The number of aromatic nitrogens is 2. The average molecular weight is 319 g/mol. The lowest BCUT2D eigenvalue weighted by Gasteiger charge is -2.00. The van der Waals surface area contributed by atoms with Crippen LogP contribution < -0.4 is 0 Å². The molecule has 3 rings (SSSR count). The van der Waals surface area contributed by atoms with Crippen LogP contribution in [0.4, 0.5) is 0 Å². The van der Waals surface area contributed by atoms with E-state index in [1.165, 1.54) is 7.11 Å². The van der Waals surface area contributed by atoms with Gasteiger partial charge in [-0.1, -0.05) is 6.07 Å². The lowest BCUT2D eigenvalue weighted by atomic mass is 10.1. The standard InChI is InChI=1S/C15H11ClN2O2S/c1-8-7-17-15(16)18-13(8)12-5-9-3-4-10(14(19)20-2)6-11(9)21-12/h3-7H,1-2H3. The number of hydrogen-bond acceptors (Lipinski definition) is 5. The number of thiophene rings is 1. The summed E-state index contributed by atoms with van der Waals surface area (Å²) >= 11 is 7.43. The zero-order valence-electron chi connectivity index (χ0n) is 11.4. The van der Waals surface area contributed by atoms with Gasteiger partial charge in [0.1, 0.15) is 0 Å². The Morgan fingerprint density at radius 3 is 2.90 bits per heavy atom. The summed E-state index contributed by atoms with van der Waals surface area (Å²) in [6.07, 6.45) is 1.70. The molecule has 0 bridgehead atoms. The molecule has 0 amide bonds. The van der Waals surface area contributed by atoms with Crippen LogP contribution in [0.1, 0.15) is 15.9 Å². The molecule has 0 saturated carbocycles. The van der Waals surface area contributed by atoms with Gasteiger partial charge in [-0.05, 0) is 47.7 Å². The molecule has 0 spiro atoms. The number of nitrogens with zero attached hydrogens (tertiary/aromatic N) is 2. The molecule has 4 nitrogen and oxygen atoms in total. The van der Waals surface area contributed by atoms with Crippen molar-refractivity contribution in [2.24, 2.45) is 0 Å². The minimum atomic E-state index is -0.340. The maximum absolute atomic E-state index is 11.6. The maximum Gasteiger partial charge on any atom is 0.337 e. The number of carbonyl (C=O) groups excluding carboxylic acids is 1. The topological polar surface area (TPSA) is 52.1 Å². The number of carbonyl (C=O) groups is 1. The van der Waals surface area contributed by atoms with Crippen molar-refractivity contribution in [3.63, 3.8) is 0 Å². The van der Waals surface area contributed by atoms with Crippen LogP contribution in [0.15, 0.2) is 30.5 Å². The predicted octanol–water partition coefficient (Wildman–Crippen LogP) is 4.11. The summed E-state index contributed by atoms with van der Waals surface area (Å²) < 4.78 is 5.74. The third kappa shape index (κ3) is 2.62. The number of fused-ring (bicyclic) bond motifs is 1. The Balaban J connectivity index is 2.13. The summed E-state index contributed by atoms with van der Waals surface area (Å²) in [6, 6.07) is 7.52. The third-order valence-electron chi connectivity index (χ3n) is 3.12. The van der Waals surface area contributed by atoms with Gasteiger partial charge in [0.25, 0.3) is 0 Å². The molecule has 0 fully saturated rings. The van der Waals surface area contributed by atoms with Gasteiger partial charge in [-0.3, -0.25) is 0 Å². The SMILES string of the molecule is COC(=O)c1ccc2cc(-c3nc(Cl)ncc3C)sc2c1. The molecule has 1 aromatic carbocycles. The Hall–Kier alpha value is -1.98. The first-order valence-corrected chi connectivity index (χ1v) is 7.39. The van der Waals surface area contributed by atoms with Crippen molar-refractivity contribution >= 4 is 39.0 Å². The second kappa shape index (κ2) is 5.42. The van der Waals surface area contributed by atoms with Crippen LogP contribution >= 0.6 is 22.9 Å². The van der Waals surface area contributed by atoms with Gasteiger partial charge in [0, 0.05) is 10.9 Å². The highest BCUT2D eigenvalue weighted by atomic mass is 35.5. The molecule has 0 aliphatic carbocycles. The summed E-state index contributed by atoms with van der Waals surface area (Å²) in [4.78, 5) is 20.8. The molecule has 0 radical (unpaired) electrons. The second-order valence-electron chi connectivity index (χ2n) is 4.53. The number of hydrogen-bond donors (Lipinski definition) is 0. The first kappa shape index (κ1) is 14.0. The van der Waals surface area contributed by atoms with Gasteiger partial charge in [0.2, 0.25) is 5.28 Å². The molecule has 6 heteroatoms. The van der Waals surface area contributed by atoms with E-state index in [0.717, 1.165) is 26.2 Å². The van der Waals surface area contributed by atoms with E-state index in [1.54, 1.807) is 23.6 Å². The number of benzene rings is 1. The molecule has 0 unspecified atom stereocenters. The lowest BCUT2D eigenvalue weighted by Crippen LogP contribution is -1.99. The molecule has 0 aliphatic heterocycles. The van der Waals surface area contributed by atoms with Crippen molar-refractivity contribution in [1.82, 2.24) is 9.97 Å². The van der Waals surface area contributed by atoms with Crippen LogP contribution in [-0.2, 0) is 4.74 Å². The van der Waals surface area contributed by atoms with E-state index < -0.39 is 0 Å². The summed E-state index contributed by atoms with van der Waals surface area (Å²) in [5.41, 5.74) is 2.31. The monoisotopic (exact) mass is 318 g/mol. The minimum Gasteiger partial charge on any atom is -0.465 e. The van der Waals surface area contributed by atoms with Crippen LogP contribution in [0.3, 0.4) is 0 Å². The van der Waals surface area contributed by atoms with Crippen molar-refractivity contribution < 1.29 is 9.53 Å². The molecule has 0 N–H and O–H groups in total. The van der Waals surface area contributed by atoms with Gasteiger partial charge in [0.05, 0.1) is 23.2 Å². The summed E-state index contributed by atoms with van der Waals surface area (Å²) in [5, 5.41) is 1.28. The van der Waals surface area contributed by atoms with Crippen molar-refractivity contribution in [3.8, 4) is 10.6 Å². The van der Waals surface area contributed by atoms with E-state index in [0.29, 0.717) is 5.56 Å². The largest absolute Gasteiger partial charge is 0.465 e. The molecule has 2 heterocycles. The van der Waals surface area contributed by atoms with E-state index in [4.69, 9.17) is 16.3 Å². The summed E-state index contributed by atoms with van der Waals surface area (Å²) in [6.45, 7) is 1.94. The van der Waals surface area contributed by atoms with E-state index in [9.17, 15) is 4.79 Å². The zero-order valence-corrected chi connectivity index (χ0v) is 13.0. The average Bonchev–Trinajstić information content (AvgIpc) is 2.91. The molecule has 0 aliphatic rings. The molecule has 106 valence electrons. The Morgan fingerprint density at radius 2 is 2.14 bits per heavy atom. The fourth-order valence-electron chi connectivity index (χ4n) is 2.06. The number of ether oxygens (including phenoxy) is 1. The first-order valence-electron chi connectivity index (χ1n) is 6.20. The predicted molar refractivity (Wildman–Crippen MR) is 83.9 cm³/mol. The third-order valence-corrected chi connectivity index (χ3v) is 4.40. The van der Waals surface area contributed by atoms with Crippen LogP contribution in [-0.4, -0.2) is 23.0 Å². The number of rotatable bonds is 2. The van der Waals surface area contributed by atoms with Crippen molar-refractivity contribution in [1.29, 1.82) is 0 Å². The smallest absolute Gasteiger partial charge is 0.337 e. The second-order valence-corrected chi connectivity index (χ2v) is 5.95. The number of methoxy groups -OCH3 is 1. The highest BCUT2D eigenvalue weighted by Crippen LogP contribution is 2.34. The normalized spacial score (nSPS) is 10.8. The minimum absolute atomic E-state index is 0.225. The fourth-order valence-corrected chi connectivity index (χ4v) is 3.35. The highest BCUT2D eigenvalue weighted by molar-refractivity contribution is 7.22. The zero-order chi connectivity index (χ0) is 15.0. The molecule has 21 heavy (non-hydrogen) atoms. The Labute approximate surface area is 130 Å². The molecule has 2 aromatic heterocycles. The lowest BCUT2D eigenvalue weighted by molar-refractivity contribution is 0.0601. The van der Waals surface area contributed by atoms with Crippen LogP contribution in [0.25, 0.3) is 20.7 Å². The van der Waals surface area contributed by atoms with Gasteiger partial charge in [-0.25, -0.2) is 14.8 Å².